The summed E-state index contributed by atoms with van der Waals surface area (Å²) >= 11 is 0. The van der Waals surface area contributed by atoms with E-state index in [4.69, 9.17) is 4.74 Å². The van der Waals surface area contributed by atoms with Crippen molar-refractivity contribution in [2.45, 2.75) is 0 Å². The maximum atomic E-state index is 12.8. The van der Waals surface area contributed by atoms with Crippen LogP contribution < -0.4 is 9.64 Å². The van der Waals surface area contributed by atoms with Crippen molar-refractivity contribution in [3.8, 4) is 5.75 Å². The van der Waals surface area contributed by atoms with E-state index in [1.165, 1.54) is 18.6 Å². The number of amides is 2. The minimum atomic E-state index is -0.168. The number of hydrogen-bond donors (Lipinski definition) is 0. The molecule has 0 atom stereocenters. The largest absolute Gasteiger partial charge is 0.495 e. The predicted molar refractivity (Wildman–Crippen MR) is 103 cm³/mol. The van der Waals surface area contributed by atoms with Crippen LogP contribution in [-0.4, -0.2) is 78.0 Å². The summed E-state index contributed by atoms with van der Waals surface area (Å²) in [5.41, 5.74) is 1.38. The average molecular weight is 381 g/mol. The molecule has 0 N–H and O–H groups in total. The van der Waals surface area contributed by atoms with Gasteiger partial charge in [-0.05, 0) is 12.1 Å². The van der Waals surface area contributed by atoms with Gasteiger partial charge in [-0.3, -0.25) is 14.6 Å². The first-order valence-corrected chi connectivity index (χ1v) is 9.39. The van der Waals surface area contributed by atoms with Crippen LogP contribution in [0, 0.1) is 5.92 Å². The highest BCUT2D eigenvalue weighted by atomic mass is 16.5. The Morgan fingerprint density at radius 1 is 1.04 bits per heavy atom. The standard InChI is InChI=1S/C20H23N5O3/c1-28-18-5-3-2-4-17(18)23-8-10-24(11-9-23)19(26)15-13-25(14-15)20(27)16-12-21-6-7-22-16/h2-7,12,15H,8-11,13-14H2,1H3. The molecule has 0 spiro atoms. The summed E-state index contributed by atoms with van der Waals surface area (Å²) in [6, 6.07) is 7.93. The van der Waals surface area contributed by atoms with Crippen molar-refractivity contribution in [3.63, 3.8) is 0 Å². The van der Waals surface area contributed by atoms with E-state index in [2.05, 4.69) is 14.9 Å². The van der Waals surface area contributed by atoms with Gasteiger partial charge in [0, 0.05) is 51.7 Å². The molecule has 0 unspecified atom stereocenters. The third-order valence-corrected chi connectivity index (χ3v) is 5.32. The average Bonchev–Trinajstić information content (AvgIpc) is 2.73. The number of benzene rings is 1. The van der Waals surface area contributed by atoms with Crippen LogP contribution in [0.4, 0.5) is 5.69 Å². The van der Waals surface area contributed by atoms with Gasteiger partial charge in [-0.2, -0.15) is 0 Å². The summed E-state index contributed by atoms with van der Waals surface area (Å²) in [7, 11) is 1.67. The summed E-state index contributed by atoms with van der Waals surface area (Å²) in [6.07, 6.45) is 4.48. The van der Waals surface area contributed by atoms with Crippen LogP contribution in [-0.2, 0) is 4.79 Å². The highest BCUT2D eigenvalue weighted by molar-refractivity contribution is 5.94. The van der Waals surface area contributed by atoms with E-state index in [1.54, 1.807) is 12.0 Å². The summed E-state index contributed by atoms with van der Waals surface area (Å²) in [4.78, 5) is 38.8. The van der Waals surface area contributed by atoms with Gasteiger partial charge >= 0.3 is 0 Å². The van der Waals surface area contributed by atoms with Crippen LogP contribution in [0.3, 0.4) is 0 Å². The predicted octanol–water partition coefficient (Wildman–Crippen LogP) is 0.906. The number of likely N-dealkylation sites (tertiary alicyclic amines) is 1. The molecule has 3 heterocycles. The first kappa shape index (κ1) is 18.2. The van der Waals surface area contributed by atoms with E-state index in [9.17, 15) is 9.59 Å². The Morgan fingerprint density at radius 2 is 1.79 bits per heavy atom. The maximum Gasteiger partial charge on any atom is 0.274 e. The zero-order chi connectivity index (χ0) is 19.5. The van der Waals surface area contributed by atoms with Gasteiger partial charge < -0.3 is 19.4 Å². The van der Waals surface area contributed by atoms with Crippen molar-refractivity contribution in [2.24, 2.45) is 5.92 Å². The number of nitrogens with zero attached hydrogens (tertiary/aromatic N) is 5. The second-order valence-corrected chi connectivity index (χ2v) is 6.98. The molecule has 0 bridgehead atoms. The number of piperazine rings is 1. The maximum absolute atomic E-state index is 12.8. The number of rotatable bonds is 4. The highest BCUT2D eigenvalue weighted by Crippen LogP contribution is 2.29. The number of carbonyl (C=O) groups is 2. The normalized spacial score (nSPS) is 17.2. The quantitative estimate of drug-likeness (QED) is 0.783. The number of ether oxygens (including phenoxy) is 1. The lowest BCUT2D eigenvalue weighted by atomic mass is 9.97. The third-order valence-electron chi connectivity index (χ3n) is 5.32. The monoisotopic (exact) mass is 381 g/mol. The molecule has 4 rings (SSSR count). The molecule has 8 heteroatoms. The van der Waals surface area contributed by atoms with Crippen molar-refractivity contribution < 1.29 is 14.3 Å². The van der Waals surface area contributed by atoms with Crippen molar-refractivity contribution in [1.29, 1.82) is 0 Å². The van der Waals surface area contributed by atoms with E-state index >= 15 is 0 Å². The van der Waals surface area contributed by atoms with Crippen molar-refractivity contribution in [2.75, 3.05) is 51.3 Å². The van der Waals surface area contributed by atoms with Crippen LogP contribution in [0.15, 0.2) is 42.9 Å². The van der Waals surface area contributed by atoms with E-state index in [-0.39, 0.29) is 17.7 Å². The zero-order valence-corrected chi connectivity index (χ0v) is 15.8. The lowest BCUT2D eigenvalue weighted by molar-refractivity contribution is -0.140. The van der Waals surface area contributed by atoms with Gasteiger partial charge in [0.15, 0.2) is 0 Å². The van der Waals surface area contributed by atoms with Crippen molar-refractivity contribution in [3.05, 3.63) is 48.5 Å². The fourth-order valence-corrected chi connectivity index (χ4v) is 3.69. The second-order valence-electron chi connectivity index (χ2n) is 6.98. The van der Waals surface area contributed by atoms with Crippen LogP contribution in [0.2, 0.25) is 0 Å². The molecule has 2 aliphatic rings. The fraction of sp³-hybridized carbons (Fsp3) is 0.400. The highest BCUT2D eigenvalue weighted by Gasteiger charge is 2.39. The Balaban J connectivity index is 1.29. The molecule has 1 aromatic heterocycles. The summed E-state index contributed by atoms with van der Waals surface area (Å²) in [5, 5.41) is 0. The molecule has 2 aromatic rings. The molecule has 2 fully saturated rings. The number of methoxy groups -OCH3 is 1. The SMILES string of the molecule is COc1ccccc1N1CCN(C(=O)C2CN(C(=O)c3cnccn3)C2)CC1. The molecule has 28 heavy (non-hydrogen) atoms. The fourth-order valence-electron chi connectivity index (χ4n) is 3.69. The molecular formula is C20H23N5O3. The Labute approximate surface area is 163 Å². The van der Waals surface area contributed by atoms with E-state index in [1.807, 2.05) is 29.2 Å². The third kappa shape index (κ3) is 3.49. The van der Waals surface area contributed by atoms with Gasteiger partial charge in [0.2, 0.25) is 5.91 Å². The Morgan fingerprint density at radius 3 is 2.46 bits per heavy atom. The molecule has 0 saturated carbocycles. The van der Waals surface area contributed by atoms with Crippen LogP contribution in [0.1, 0.15) is 10.5 Å². The number of carbonyl (C=O) groups excluding carboxylic acids is 2. The Kier molecular flexibility index (Phi) is 5.10. The van der Waals surface area contributed by atoms with Crippen LogP contribution in [0.5, 0.6) is 5.75 Å². The Bertz CT molecular complexity index is 846. The molecular weight excluding hydrogens is 358 g/mol. The van der Waals surface area contributed by atoms with Crippen molar-refractivity contribution >= 4 is 17.5 Å². The molecule has 0 aliphatic carbocycles. The Hall–Kier alpha value is -3.16. The lowest BCUT2D eigenvalue weighted by Crippen LogP contribution is -2.59. The van der Waals surface area contributed by atoms with Gasteiger partial charge in [0.25, 0.3) is 5.91 Å². The minimum Gasteiger partial charge on any atom is -0.495 e. The summed E-state index contributed by atoms with van der Waals surface area (Å²) in [5.74, 6) is 0.680. The molecule has 0 radical (unpaired) electrons. The number of hydrogen-bond acceptors (Lipinski definition) is 6. The molecule has 2 amide bonds. The molecule has 2 aliphatic heterocycles. The smallest absolute Gasteiger partial charge is 0.274 e. The minimum absolute atomic E-state index is 0.126. The van der Waals surface area contributed by atoms with E-state index in [0.717, 1.165) is 24.5 Å². The van der Waals surface area contributed by atoms with Gasteiger partial charge in [-0.1, -0.05) is 12.1 Å². The van der Waals surface area contributed by atoms with Gasteiger partial charge in [-0.15, -0.1) is 0 Å². The first-order chi connectivity index (χ1) is 13.7. The van der Waals surface area contributed by atoms with E-state index < -0.39 is 0 Å². The van der Waals surface area contributed by atoms with Gasteiger partial charge in [-0.25, -0.2) is 4.98 Å². The summed E-state index contributed by atoms with van der Waals surface area (Å²) in [6.45, 7) is 3.76. The van der Waals surface area contributed by atoms with Gasteiger partial charge in [0.05, 0.1) is 24.9 Å². The number of aromatic nitrogens is 2. The number of para-hydroxylation sites is 2. The summed E-state index contributed by atoms with van der Waals surface area (Å²) < 4.78 is 5.44. The number of anilines is 1. The lowest BCUT2D eigenvalue weighted by Gasteiger charge is -2.43. The van der Waals surface area contributed by atoms with Crippen molar-refractivity contribution in [1.82, 2.24) is 19.8 Å². The van der Waals surface area contributed by atoms with E-state index in [0.29, 0.717) is 31.9 Å². The second kappa shape index (κ2) is 7.84. The zero-order valence-electron chi connectivity index (χ0n) is 15.8. The molecule has 146 valence electrons. The first-order valence-electron chi connectivity index (χ1n) is 9.39. The molecule has 2 saturated heterocycles. The van der Waals surface area contributed by atoms with Gasteiger partial charge in [0.1, 0.15) is 11.4 Å². The van der Waals surface area contributed by atoms with Crippen LogP contribution in [0.25, 0.3) is 0 Å². The van der Waals surface area contributed by atoms with Crippen LogP contribution >= 0.6 is 0 Å². The molecule has 1 aromatic carbocycles. The molecule has 8 nitrogen and oxygen atoms in total. The topological polar surface area (TPSA) is 78.9 Å².